The van der Waals surface area contributed by atoms with Gasteiger partial charge in [0.25, 0.3) is 0 Å². The van der Waals surface area contributed by atoms with Crippen LogP contribution in [0.1, 0.15) is 6.92 Å². The van der Waals surface area contributed by atoms with Gasteiger partial charge in [0.2, 0.25) is 0 Å². The number of carboxylic acid groups (broad SMARTS) is 1. The molecule has 5 nitrogen and oxygen atoms in total. The maximum absolute atomic E-state index is 10.7. The van der Waals surface area contributed by atoms with Crippen molar-refractivity contribution < 1.29 is 19.4 Å². The van der Waals surface area contributed by atoms with Crippen molar-refractivity contribution in [2.45, 2.75) is 13.0 Å². The molecule has 0 aliphatic heterocycles. The molecule has 0 aromatic carbocycles. The van der Waals surface area contributed by atoms with Gasteiger partial charge in [-0.05, 0) is 6.92 Å². The van der Waals surface area contributed by atoms with E-state index < -0.39 is 18.0 Å². The summed E-state index contributed by atoms with van der Waals surface area (Å²) in [6.07, 6.45) is 2.09. The normalized spacial score (nSPS) is 12.5. The molecule has 0 heterocycles. The Balaban J connectivity index is 3.78. The van der Waals surface area contributed by atoms with Crippen LogP contribution in [-0.4, -0.2) is 30.2 Å². The van der Waals surface area contributed by atoms with Gasteiger partial charge in [-0.2, -0.15) is 0 Å². The first kappa shape index (κ1) is 10.5. The molecule has 2 N–H and O–H groups in total. The number of esters is 1. The van der Waals surface area contributed by atoms with E-state index >= 15 is 0 Å². The Morgan fingerprint density at radius 1 is 1.58 bits per heavy atom. The molecule has 0 rings (SSSR count). The first-order valence-electron chi connectivity index (χ1n) is 3.31. The maximum Gasteiger partial charge on any atom is 0.329 e. The van der Waals surface area contributed by atoms with Gasteiger partial charge in [-0.25, -0.2) is 9.59 Å². The lowest BCUT2D eigenvalue weighted by molar-refractivity contribution is -0.142. The van der Waals surface area contributed by atoms with Gasteiger partial charge in [0.15, 0.2) is 0 Å². The largest absolute Gasteiger partial charge is 0.478 e. The van der Waals surface area contributed by atoms with Crippen molar-refractivity contribution in [3.8, 4) is 0 Å². The molecule has 0 bridgehead atoms. The summed E-state index contributed by atoms with van der Waals surface area (Å²) >= 11 is 0. The number of methoxy groups -OCH3 is 1. The number of hydrogen-bond donors (Lipinski definition) is 2. The van der Waals surface area contributed by atoms with Gasteiger partial charge in [0.05, 0.1) is 7.11 Å². The van der Waals surface area contributed by atoms with Crippen LogP contribution in [0.4, 0.5) is 0 Å². The van der Waals surface area contributed by atoms with Crippen LogP contribution in [0.2, 0.25) is 0 Å². The van der Waals surface area contributed by atoms with Crippen LogP contribution in [0.25, 0.3) is 0 Å². The molecule has 0 aliphatic rings. The lowest BCUT2D eigenvalue weighted by Gasteiger charge is -2.07. The van der Waals surface area contributed by atoms with Crippen molar-refractivity contribution in [3.05, 3.63) is 12.3 Å². The zero-order chi connectivity index (χ0) is 9.56. The van der Waals surface area contributed by atoms with Crippen molar-refractivity contribution in [1.82, 2.24) is 5.32 Å². The van der Waals surface area contributed by atoms with E-state index in [1.165, 1.54) is 13.3 Å². The molecule has 12 heavy (non-hydrogen) atoms. The average Bonchev–Trinajstić information content (AvgIpc) is 2.02. The Bertz CT molecular complexity index is 200. The summed E-state index contributed by atoms with van der Waals surface area (Å²) < 4.78 is 4.39. The maximum atomic E-state index is 10.7. The summed E-state index contributed by atoms with van der Waals surface area (Å²) in [6, 6.07) is -0.536. The average molecular weight is 173 g/mol. The minimum absolute atomic E-state index is 0.440. The second kappa shape index (κ2) is 5.17. The Kier molecular flexibility index (Phi) is 4.52. The quantitative estimate of drug-likeness (QED) is 0.452. The van der Waals surface area contributed by atoms with Crippen LogP contribution in [0.15, 0.2) is 12.3 Å². The lowest BCUT2D eigenvalue weighted by atomic mass is 10.3. The highest BCUT2D eigenvalue weighted by atomic mass is 16.5. The van der Waals surface area contributed by atoms with Crippen molar-refractivity contribution in [3.63, 3.8) is 0 Å². The SMILES string of the molecule is COC(=O)C(C)N/C=C/C(=O)O. The van der Waals surface area contributed by atoms with Gasteiger partial charge in [-0.3, -0.25) is 0 Å². The van der Waals surface area contributed by atoms with Gasteiger partial charge < -0.3 is 15.2 Å². The third-order valence-corrected chi connectivity index (χ3v) is 1.13. The summed E-state index contributed by atoms with van der Waals surface area (Å²) in [4.78, 5) is 20.7. The van der Waals surface area contributed by atoms with E-state index in [1.54, 1.807) is 6.92 Å². The summed E-state index contributed by atoms with van der Waals surface area (Å²) in [5, 5.41) is 10.7. The summed E-state index contributed by atoms with van der Waals surface area (Å²) in [7, 11) is 1.27. The predicted octanol–water partition coefficient (Wildman–Crippen LogP) is -0.264. The fraction of sp³-hybridized carbons (Fsp3) is 0.429. The van der Waals surface area contributed by atoms with Gasteiger partial charge in [-0.15, -0.1) is 0 Å². The highest BCUT2D eigenvalue weighted by Crippen LogP contribution is 1.84. The van der Waals surface area contributed by atoms with Crippen LogP contribution in [-0.2, 0) is 14.3 Å². The van der Waals surface area contributed by atoms with E-state index in [0.717, 1.165) is 6.08 Å². The topological polar surface area (TPSA) is 75.6 Å². The van der Waals surface area contributed by atoms with Crippen molar-refractivity contribution in [1.29, 1.82) is 0 Å². The van der Waals surface area contributed by atoms with Crippen molar-refractivity contribution in [2.75, 3.05) is 7.11 Å². The monoisotopic (exact) mass is 173 g/mol. The first-order chi connectivity index (χ1) is 5.57. The molecule has 0 radical (unpaired) electrons. The van der Waals surface area contributed by atoms with Crippen LogP contribution in [0.5, 0.6) is 0 Å². The molecule has 0 spiro atoms. The van der Waals surface area contributed by atoms with E-state index in [2.05, 4.69) is 10.1 Å². The number of carbonyl (C=O) groups excluding carboxylic acids is 1. The predicted molar refractivity (Wildman–Crippen MR) is 41.4 cm³/mol. The Hall–Kier alpha value is -1.52. The molecule has 0 aromatic rings. The van der Waals surface area contributed by atoms with Crippen LogP contribution in [0.3, 0.4) is 0 Å². The summed E-state index contributed by atoms with van der Waals surface area (Å²) in [5.74, 6) is -1.51. The first-order valence-corrected chi connectivity index (χ1v) is 3.31. The number of aliphatic carboxylic acids is 1. The minimum Gasteiger partial charge on any atom is -0.478 e. The number of ether oxygens (including phenoxy) is 1. The second-order valence-electron chi connectivity index (χ2n) is 2.08. The summed E-state index contributed by atoms with van der Waals surface area (Å²) in [6.45, 7) is 1.57. The van der Waals surface area contributed by atoms with E-state index in [-0.39, 0.29) is 0 Å². The minimum atomic E-state index is -1.07. The Morgan fingerprint density at radius 2 is 2.17 bits per heavy atom. The zero-order valence-electron chi connectivity index (χ0n) is 6.90. The number of hydrogen-bond acceptors (Lipinski definition) is 4. The molecule has 68 valence electrons. The van der Waals surface area contributed by atoms with Gasteiger partial charge in [-0.1, -0.05) is 0 Å². The van der Waals surface area contributed by atoms with E-state index in [4.69, 9.17) is 5.11 Å². The Morgan fingerprint density at radius 3 is 2.58 bits per heavy atom. The number of nitrogens with one attached hydrogen (secondary N) is 1. The fourth-order valence-corrected chi connectivity index (χ4v) is 0.509. The van der Waals surface area contributed by atoms with Crippen LogP contribution < -0.4 is 5.32 Å². The van der Waals surface area contributed by atoms with Gasteiger partial charge in [0, 0.05) is 12.3 Å². The molecule has 1 atom stereocenters. The summed E-state index contributed by atoms with van der Waals surface area (Å²) in [5.41, 5.74) is 0. The third kappa shape index (κ3) is 4.32. The third-order valence-electron chi connectivity index (χ3n) is 1.13. The van der Waals surface area contributed by atoms with Crippen molar-refractivity contribution >= 4 is 11.9 Å². The zero-order valence-corrected chi connectivity index (χ0v) is 6.90. The van der Waals surface area contributed by atoms with Crippen molar-refractivity contribution in [2.24, 2.45) is 0 Å². The molecule has 1 unspecified atom stereocenters. The standard InChI is InChI=1S/C7H11NO4/c1-5(7(11)12-2)8-4-3-6(9)10/h3-5,8H,1-2H3,(H,9,10)/b4-3+. The molecule has 0 amide bonds. The van der Waals surface area contributed by atoms with E-state index in [1.807, 2.05) is 0 Å². The molecule has 0 fully saturated rings. The highest BCUT2D eigenvalue weighted by Gasteiger charge is 2.09. The van der Waals surface area contributed by atoms with Gasteiger partial charge >= 0.3 is 11.9 Å². The molecular weight excluding hydrogens is 162 g/mol. The lowest BCUT2D eigenvalue weighted by Crippen LogP contribution is -2.31. The van der Waals surface area contributed by atoms with Crippen LogP contribution in [0, 0.1) is 0 Å². The number of carboxylic acids is 1. The highest BCUT2D eigenvalue weighted by molar-refractivity contribution is 5.80. The molecular formula is C7H11NO4. The number of rotatable bonds is 4. The molecule has 5 heteroatoms. The molecule has 0 aromatic heterocycles. The molecule has 0 aliphatic carbocycles. The smallest absolute Gasteiger partial charge is 0.329 e. The number of carbonyl (C=O) groups is 2. The second-order valence-corrected chi connectivity index (χ2v) is 2.08. The van der Waals surface area contributed by atoms with E-state index in [0.29, 0.717) is 0 Å². The Labute approximate surface area is 70.0 Å². The van der Waals surface area contributed by atoms with Gasteiger partial charge in [0.1, 0.15) is 6.04 Å². The molecule has 0 saturated heterocycles. The van der Waals surface area contributed by atoms with E-state index in [9.17, 15) is 9.59 Å². The fourth-order valence-electron chi connectivity index (χ4n) is 0.509. The molecule has 0 saturated carbocycles. The van der Waals surface area contributed by atoms with Crippen LogP contribution >= 0.6 is 0 Å².